The molecule has 1 aliphatic heterocycles. The molecule has 2 unspecified atom stereocenters. The number of methoxy groups -OCH3 is 1. The van der Waals surface area contributed by atoms with Gasteiger partial charge in [0.15, 0.2) is 0 Å². The Bertz CT molecular complexity index is 433. The Morgan fingerprint density at radius 1 is 1.57 bits per heavy atom. The van der Waals surface area contributed by atoms with Crippen LogP contribution >= 0.6 is 0 Å². The molecule has 7 heteroatoms. The number of carbonyl (C=O) groups excluding carboxylic acids is 1. The third kappa shape index (κ3) is 2.66. The summed E-state index contributed by atoms with van der Waals surface area (Å²) in [4.78, 5) is 11.8. The summed E-state index contributed by atoms with van der Waals surface area (Å²) in [6.07, 6.45) is -0.813. The summed E-state index contributed by atoms with van der Waals surface area (Å²) >= 11 is 0. The highest BCUT2D eigenvalue weighted by Gasteiger charge is 2.61. The Hall–Kier alpha value is -1.15. The first-order valence-corrected chi connectivity index (χ1v) is 6.95. The molecular weight excluding hydrogens is 280 g/mol. The summed E-state index contributed by atoms with van der Waals surface area (Å²) in [5, 5.41) is 30.2. The van der Waals surface area contributed by atoms with E-state index in [4.69, 9.17) is 14.2 Å². The van der Waals surface area contributed by atoms with Gasteiger partial charge in [0.1, 0.15) is 5.60 Å². The Morgan fingerprint density at radius 2 is 2.24 bits per heavy atom. The molecule has 2 aliphatic rings. The maximum Gasteiger partial charge on any atom is 0.337 e. The average molecular weight is 302 g/mol. The summed E-state index contributed by atoms with van der Waals surface area (Å²) in [5.74, 6) is -1.83. The van der Waals surface area contributed by atoms with Crippen molar-refractivity contribution in [1.29, 1.82) is 0 Å². The highest BCUT2D eigenvalue weighted by Crippen LogP contribution is 2.49. The maximum atomic E-state index is 11.8. The highest BCUT2D eigenvalue weighted by molar-refractivity contribution is 5.89. The van der Waals surface area contributed by atoms with E-state index in [0.29, 0.717) is 0 Å². The van der Waals surface area contributed by atoms with Crippen LogP contribution in [-0.2, 0) is 19.0 Å². The quantitative estimate of drug-likeness (QED) is 0.604. The topological polar surface area (TPSA) is 105 Å². The van der Waals surface area contributed by atoms with Crippen LogP contribution in [0.4, 0.5) is 0 Å². The van der Waals surface area contributed by atoms with Crippen molar-refractivity contribution in [2.24, 2.45) is 11.8 Å². The molecule has 3 N–H and O–H groups in total. The number of aliphatic hydroxyl groups excluding tert-OH is 2. The average Bonchev–Trinajstić information content (AvgIpc) is 2.71. The van der Waals surface area contributed by atoms with Crippen LogP contribution in [0.15, 0.2) is 11.8 Å². The van der Waals surface area contributed by atoms with E-state index in [1.54, 1.807) is 13.8 Å². The number of aliphatic hydroxyl groups is 3. The zero-order chi connectivity index (χ0) is 15.8. The van der Waals surface area contributed by atoms with Gasteiger partial charge in [0, 0.05) is 5.92 Å². The molecule has 0 radical (unpaired) electrons. The molecule has 1 saturated carbocycles. The van der Waals surface area contributed by atoms with Gasteiger partial charge in [-0.15, -0.1) is 0 Å². The lowest BCUT2D eigenvalue weighted by Crippen LogP contribution is -2.54. The molecule has 0 bridgehead atoms. The Morgan fingerprint density at radius 3 is 2.76 bits per heavy atom. The van der Waals surface area contributed by atoms with Crippen LogP contribution < -0.4 is 0 Å². The molecule has 0 aromatic heterocycles. The van der Waals surface area contributed by atoms with Gasteiger partial charge in [-0.25, -0.2) is 4.79 Å². The third-order valence-electron chi connectivity index (χ3n) is 4.17. The van der Waals surface area contributed by atoms with Gasteiger partial charge in [-0.2, -0.15) is 0 Å². The molecule has 0 saturated heterocycles. The summed E-state index contributed by atoms with van der Waals surface area (Å²) in [5.41, 5.74) is -1.55. The number of rotatable bonds is 4. The molecule has 120 valence electrons. The zero-order valence-electron chi connectivity index (χ0n) is 12.4. The SMILES string of the molecule is COC(=O)C1=CO[C@@H](OC(C)C)C2C1C[C@H](O)[C@@]2(O)CO. The van der Waals surface area contributed by atoms with Crippen molar-refractivity contribution in [2.45, 2.75) is 44.4 Å². The van der Waals surface area contributed by atoms with Crippen molar-refractivity contribution in [3.05, 3.63) is 11.8 Å². The number of hydrogen-bond donors (Lipinski definition) is 3. The molecule has 2 rings (SSSR count). The molecule has 0 aromatic rings. The summed E-state index contributed by atoms with van der Waals surface area (Å²) in [6, 6.07) is 0. The van der Waals surface area contributed by atoms with E-state index in [0.717, 1.165) is 0 Å². The molecule has 1 heterocycles. The third-order valence-corrected chi connectivity index (χ3v) is 4.17. The van der Waals surface area contributed by atoms with Crippen LogP contribution in [0.25, 0.3) is 0 Å². The van der Waals surface area contributed by atoms with Crippen molar-refractivity contribution < 1.29 is 34.3 Å². The fraction of sp³-hybridized carbons (Fsp3) is 0.786. The van der Waals surface area contributed by atoms with Crippen LogP contribution in [0.3, 0.4) is 0 Å². The van der Waals surface area contributed by atoms with Crippen molar-refractivity contribution >= 4 is 5.97 Å². The number of ether oxygens (including phenoxy) is 3. The lowest BCUT2D eigenvalue weighted by Gasteiger charge is -2.40. The predicted octanol–water partition coefficient (Wildman–Crippen LogP) is -0.455. The normalized spacial score (nSPS) is 38.7. The standard InChI is InChI=1S/C14H22O7/c1-7(2)21-13-11-8(4-10(16)14(11,18)6-15)9(5-20-13)12(17)19-3/h5,7-8,10-11,13,15-16,18H,4,6H2,1-3H3/t8?,10-,11?,13-,14-/m0/s1. The molecule has 5 atom stereocenters. The molecule has 1 aliphatic carbocycles. The van der Waals surface area contributed by atoms with Gasteiger partial charge in [-0.05, 0) is 20.3 Å². The summed E-state index contributed by atoms with van der Waals surface area (Å²) < 4.78 is 15.7. The monoisotopic (exact) mass is 302 g/mol. The predicted molar refractivity (Wildman–Crippen MR) is 70.8 cm³/mol. The minimum atomic E-state index is -1.78. The molecule has 1 fully saturated rings. The molecule has 0 spiro atoms. The van der Waals surface area contributed by atoms with Crippen molar-refractivity contribution in [2.75, 3.05) is 13.7 Å². The Kier molecular flexibility index (Phi) is 4.57. The molecule has 21 heavy (non-hydrogen) atoms. The van der Waals surface area contributed by atoms with Crippen LogP contribution in [0.1, 0.15) is 20.3 Å². The number of hydrogen-bond acceptors (Lipinski definition) is 7. The maximum absolute atomic E-state index is 11.8. The van der Waals surface area contributed by atoms with E-state index < -0.39 is 42.4 Å². The summed E-state index contributed by atoms with van der Waals surface area (Å²) in [7, 11) is 1.25. The van der Waals surface area contributed by atoms with Crippen molar-refractivity contribution in [1.82, 2.24) is 0 Å². The van der Waals surface area contributed by atoms with Crippen molar-refractivity contribution in [3.8, 4) is 0 Å². The molecular formula is C14H22O7. The second-order valence-electron chi connectivity index (χ2n) is 5.79. The fourth-order valence-electron chi connectivity index (χ4n) is 3.13. The smallest absolute Gasteiger partial charge is 0.337 e. The van der Waals surface area contributed by atoms with Crippen molar-refractivity contribution in [3.63, 3.8) is 0 Å². The van der Waals surface area contributed by atoms with Gasteiger partial charge in [0.05, 0.1) is 43.7 Å². The molecule has 0 aromatic carbocycles. The number of fused-ring (bicyclic) bond motifs is 1. The molecule has 7 nitrogen and oxygen atoms in total. The first-order valence-electron chi connectivity index (χ1n) is 6.95. The first-order chi connectivity index (χ1) is 9.85. The minimum Gasteiger partial charge on any atom is -0.472 e. The van der Waals surface area contributed by atoms with E-state index >= 15 is 0 Å². The fourth-order valence-corrected chi connectivity index (χ4v) is 3.13. The zero-order valence-corrected chi connectivity index (χ0v) is 12.4. The van der Waals surface area contributed by atoms with Gasteiger partial charge < -0.3 is 29.5 Å². The highest BCUT2D eigenvalue weighted by atomic mass is 16.7. The van der Waals surface area contributed by atoms with Crippen LogP contribution in [0, 0.1) is 11.8 Å². The van der Waals surface area contributed by atoms with Gasteiger partial charge in [0.25, 0.3) is 0 Å². The van der Waals surface area contributed by atoms with E-state index in [-0.39, 0.29) is 18.1 Å². The van der Waals surface area contributed by atoms with E-state index in [1.165, 1.54) is 13.4 Å². The van der Waals surface area contributed by atoms with Gasteiger partial charge in [-0.3, -0.25) is 0 Å². The van der Waals surface area contributed by atoms with Crippen LogP contribution in [-0.4, -0.2) is 59.1 Å². The largest absolute Gasteiger partial charge is 0.472 e. The van der Waals surface area contributed by atoms with E-state index in [9.17, 15) is 20.1 Å². The van der Waals surface area contributed by atoms with Crippen LogP contribution in [0.2, 0.25) is 0 Å². The van der Waals surface area contributed by atoms with E-state index in [1.807, 2.05) is 0 Å². The lowest BCUT2D eigenvalue weighted by molar-refractivity contribution is -0.228. The second kappa shape index (κ2) is 5.92. The number of carbonyl (C=O) groups is 1. The van der Waals surface area contributed by atoms with Gasteiger partial charge in [-0.1, -0.05) is 0 Å². The van der Waals surface area contributed by atoms with Crippen LogP contribution in [0.5, 0.6) is 0 Å². The minimum absolute atomic E-state index is 0.129. The summed E-state index contributed by atoms with van der Waals surface area (Å²) in [6.45, 7) is 2.97. The second-order valence-corrected chi connectivity index (χ2v) is 5.79. The van der Waals surface area contributed by atoms with E-state index in [2.05, 4.69) is 0 Å². The number of esters is 1. The Balaban J connectivity index is 2.38. The Labute approximate surface area is 123 Å². The van der Waals surface area contributed by atoms with Gasteiger partial charge >= 0.3 is 5.97 Å². The lowest BCUT2D eigenvalue weighted by atomic mass is 9.80. The molecule has 0 amide bonds. The van der Waals surface area contributed by atoms with Gasteiger partial charge in [0.2, 0.25) is 6.29 Å². The first kappa shape index (κ1) is 16.2.